The van der Waals surface area contributed by atoms with Gasteiger partial charge in [0.1, 0.15) is 4.99 Å². The minimum Gasteiger partial charge on any atom is -0.389 e. The van der Waals surface area contributed by atoms with Gasteiger partial charge in [0.05, 0.1) is 0 Å². The molecule has 2 nitrogen and oxygen atoms in total. The van der Waals surface area contributed by atoms with Gasteiger partial charge in [-0.3, -0.25) is 0 Å². The maximum atomic E-state index is 5.55. The minimum atomic E-state index is 0.456. The third-order valence-electron chi connectivity index (χ3n) is 2.97. The van der Waals surface area contributed by atoms with Crippen LogP contribution in [0.25, 0.3) is 0 Å². The van der Waals surface area contributed by atoms with E-state index in [2.05, 4.69) is 12.2 Å². The zero-order chi connectivity index (χ0) is 11.5. The fourth-order valence-corrected chi connectivity index (χ4v) is 2.06. The number of anilines is 1. The number of thiocarbonyl (C=S) groups is 1. The molecule has 1 aromatic rings. The normalized spacial score (nSPS) is 16.8. The van der Waals surface area contributed by atoms with Crippen molar-refractivity contribution in [2.75, 3.05) is 5.32 Å². The van der Waals surface area contributed by atoms with Gasteiger partial charge in [0, 0.05) is 17.3 Å². The van der Waals surface area contributed by atoms with Crippen LogP contribution in [0.1, 0.15) is 31.7 Å². The van der Waals surface area contributed by atoms with Crippen molar-refractivity contribution in [1.29, 1.82) is 0 Å². The van der Waals surface area contributed by atoms with Crippen molar-refractivity contribution in [3.63, 3.8) is 0 Å². The van der Waals surface area contributed by atoms with Gasteiger partial charge < -0.3 is 11.1 Å². The van der Waals surface area contributed by atoms with Crippen LogP contribution in [0.15, 0.2) is 24.3 Å². The molecule has 0 heterocycles. The molecule has 1 aliphatic carbocycles. The summed E-state index contributed by atoms with van der Waals surface area (Å²) in [7, 11) is 0. The number of nitrogens with one attached hydrogen (secondary N) is 1. The number of nitrogens with two attached hydrogens (primary N) is 1. The van der Waals surface area contributed by atoms with Gasteiger partial charge in [-0.2, -0.15) is 0 Å². The Morgan fingerprint density at radius 3 is 2.56 bits per heavy atom. The summed E-state index contributed by atoms with van der Waals surface area (Å²) in [6, 6.07) is 8.56. The lowest BCUT2D eigenvalue weighted by Crippen LogP contribution is -2.16. The molecule has 0 spiro atoms. The predicted octanol–water partition coefficient (Wildman–Crippen LogP) is 2.92. The van der Waals surface area contributed by atoms with E-state index in [-0.39, 0.29) is 0 Å². The van der Waals surface area contributed by atoms with Gasteiger partial charge >= 0.3 is 0 Å². The monoisotopic (exact) mass is 234 g/mol. The zero-order valence-corrected chi connectivity index (χ0v) is 10.4. The molecule has 0 aromatic heterocycles. The number of hydrogen-bond donors (Lipinski definition) is 2. The second kappa shape index (κ2) is 4.83. The van der Waals surface area contributed by atoms with Crippen molar-refractivity contribution >= 4 is 22.9 Å². The Morgan fingerprint density at radius 2 is 2.06 bits per heavy atom. The highest BCUT2D eigenvalue weighted by atomic mass is 32.1. The van der Waals surface area contributed by atoms with E-state index in [4.69, 9.17) is 18.0 Å². The Hall–Kier alpha value is -1.09. The summed E-state index contributed by atoms with van der Waals surface area (Å²) in [5, 5.41) is 3.50. The molecule has 1 atom stereocenters. The molecule has 1 aromatic carbocycles. The highest BCUT2D eigenvalue weighted by molar-refractivity contribution is 7.80. The summed E-state index contributed by atoms with van der Waals surface area (Å²) in [6.45, 7) is 2.24. The van der Waals surface area contributed by atoms with Gasteiger partial charge in [-0.15, -0.1) is 0 Å². The molecule has 3 heteroatoms. The van der Waals surface area contributed by atoms with Gasteiger partial charge in [0.15, 0.2) is 0 Å². The fraction of sp³-hybridized carbons (Fsp3) is 0.462. The van der Waals surface area contributed by atoms with Crippen molar-refractivity contribution in [3.05, 3.63) is 29.8 Å². The maximum absolute atomic E-state index is 5.55. The lowest BCUT2D eigenvalue weighted by Gasteiger charge is -2.15. The van der Waals surface area contributed by atoms with E-state index >= 15 is 0 Å². The van der Waals surface area contributed by atoms with E-state index < -0.39 is 0 Å². The van der Waals surface area contributed by atoms with Crippen LogP contribution in [-0.2, 0) is 0 Å². The minimum absolute atomic E-state index is 0.456. The van der Waals surface area contributed by atoms with Crippen LogP contribution in [0.4, 0.5) is 5.69 Å². The molecule has 1 aliphatic rings. The van der Waals surface area contributed by atoms with Crippen LogP contribution in [0, 0.1) is 5.92 Å². The highest BCUT2D eigenvalue weighted by Crippen LogP contribution is 2.34. The lowest BCUT2D eigenvalue weighted by molar-refractivity contribution is 0.642. The van der Waals surface area contributed by atoms with Crippen molar-refractivity contribution in [2.24, 2.45) is 11.7 Å². The van der Waals surface area contributed by atoms with Crippen molar-refractivity contribution in [2.45, 2.75) is 32.2 Å². The Kier molecular flexibility index (Phi) is 3.44. The van der Waals surface area contributed by atoms with Crippen molar-refractivity contribution in [3.8, 4) is 0 Å². The van der Waals surface area contributed by atoms with Crippen LogP contribution >= 0.6 is 12.2 Å². The van der Waals surface area contributed by atoms with E-state index in [1.165, 1.54) is 19.3 Å². The quantitative estimate of drug-likeness (QED) is 0.769. The van der Waals surface area contributed by atoms with Crippen molar-refractivity contribution < 1.29 is 0 Å². The fourth-order valence-electron chi connectivity index (χ4n) is 1.93. The highest BCUT2D eigenvalue weighted by Gasteiger charge is 2.23. The molecule has 3 N–H and O–H groups in total. The van der Waals surface area contributed by atoms with E-state index in [0.717, 1.165) is 17.2 Å². The molecular weight excluding hydrogens is 216 g/mol. The second-order valence-electron chi connectivity index (χ2n) is 4.67. The van der Waals surface area contributed by atoms with Gasteiger partial charge in [0.25, 0.3) is 0 Å². The SMILES string of the molecule is CC(CC1CC1)Nc1ccc(C(N)=S)cc1. The topological polar surface area (TPSA) is 38.0 Å². The molecule has 0 aliphatic heterocycles. The number of rotatable bonds is 5. The first-order chi connectivity index (χ1) is 7.65. The van der Waals surface area contributed by atoms with Gasteiger partial charge in [-0.1, -0.05) is 25.1 Å². The first-order valence-corrected chi connectivity index (χ1v) is 6.22. The van der Waals surface area contributed by atoms with Crippen LogP contribution in [-0.4, -0.2) is 11.0 Å². The van der Waals surface area contributed by atoms with E-state index in [9.17, 15) is 0 Å². The molecule has 86 valence electrons. The summed E-state index contributed by atoms with van der Waals surface area (Å²) in [5.41, 5.74) is 7.62. The van der Waals surface area contributed by atoms with Gasteiger partial charge in [-0.05, 0) is 43.5 Å². The van der Waals surface area contributed by atoms with Crippen LogP contribution in [0.3, 0.4) is 0 Å². The average molecular weight is 234 g/mol. The smallest absolute Gasteiger partial charge is 0.103 e. The average Bonchev–Trinajstić information content (AvgIpc) is 3.02. The van der Waals surface area contributed by atoms with Crippen LogP contribution in [0.2, 0.25) is 0 Å². The second-order valence-corrected chi connectivity index (χ2v) is 5.11. The number of hydrogen-bond acceptors (Lipinski definition) is 2. The van der Waals surface area contributed by atoms with Crippen molar-refractivity contribution in [1.82, 2.24) is 0 Å². The molecule has 0 radical (unpaired) electrons. The van der Waals surface area contributed by atoms with Gasteiger partial charge in [-0.25, -0.2) is 0 Å². The summed E-state index contributed by atoms with van der Waals surface area (Å²) >= 11 is 4.92. The largest absolute Gasteiger partial charge is 0.389 e. The Bertz CT molecular complexity index is 368. The van der Waals surface area contributed by atoms with E-state index in [0.29, 0.717) is 11.0 Å². The Labute approximate surface area is 102 Å². The first-order valence-electron chi connectivity index (χ1n) is 5.81. The molecule has 0 amide bonds. The third kappa shape index (κ3) is 3.20. The predicted molar refractivity (Wildman–Crippen MR) is 72.8 cm³/mol. The van der Waals surface area contributed by atoms with E-state index in [1.807, 2.05) is 24.3 Å². The molecule has 2 rings (SSSR count). The molecular formula is C13H18N2S. The molecule has 0 saturated heterocycles. The first kappa shape index (κ1) is 11.4. The maximum Gasteiger partial charge on any atom is 0.103 e. The molecule has 1 saturated carbocycles. The summed E-state index contributed by atoms with van der Waals surface area (Å²) < 4.78 is 0. The Morgan fingerprint density at radius 1 is 1.44 bits per heavy atom. The Balaban J connectivity index is 1.90. The van der Waals surface area contributed by atoms with Gasteiger partial charge in [0.2, 0.25) is 0 Å². The third-order valence-corrected chi connectivity index (χ3v) is 3.20. The summed E-state index contributed by atoms with van der Waals surface area (Å²) in [5.74, 6) is 0.957. The van der Waals surface area contributed by atoms with Crippen LogP contribution in [0.5, 0.6) is 0 Å². The molecule has 1 unspecified atom stereocenters. The molecule has 1 fully saturated rings. The standard InChI is InChI=1S/C13H18N2S/c1-9(8-10-2-3-10)15-12-6-4-11(5-7-12)13(14)16/h4-7,9-10,15H,2-3,8H2,1H3,(H2,14,16). The number of benzene rings is 1. The summed E-state index contributed by atoms with van der Waals surface area (Å²) in [4.78, 5) is 0.456. The summed E-state index contributed by atoms with van der Waals surface area (Å²) in [6.07, 6.45) is 4.09. The zero-order valence-electron chi connectivity index (χ0n) is 9.57. The molecule has 16 heavy (non-hydrogen) atoms. The molecule has 0 bridgehead atoms. The van der Waals surface area contributed by atoms with Crippen LogP contribution < -0.4 is 11.1 Å². The van der Waals surface area contributed by atoms with E-state index in [1.54, 1.807) is 0 Å². The lowest BCUT2D eigenvalue weighted by atomic mass is 10.1.